The van der Waals surface area contributed by atoms with Crippen molar-refractivity contribution in [2.75, 3.05) is 13.1 Å². The van der Waals surface area contributed by atoms with Crippen molar-refractivity contribution >= 4 is 23.8 Å². The summed E-state index contributed by atoms with van der Waals surface area (Å²) in [5.74, 6) is -1.00. The molecule has 1 saturated heterocycles. The third kappa shape index (κ3) is 9.08. The third-order valence-electron chi connectivity index (χ3n) is 6.19. The predicted octanol–water partition coefficient (Wildman–Crippen LogP) is 3.05. The summed E-state index contributed by atoms with van der Waals surface area (Å²) in [5.41, 5.74) is 4.01. The molecule has 0 aliphatic carbocycles. The Morgan fingerprint density at radius 1 is 0.950 bits per heavy atom. The molecule has 10 heteroatoms. The molecular formula is C30H41N5O5. The molecule has 3 rings (SSSR count). The maximum absolute atomic E-state index is 13.7. The summed E-state index contributed by atoms with van der Waals surface area (Å²) >= 11 is 0. The first-order valence-electron chi connectivity index (χ1n) is 13.7. The molecule has 0 spiro atoms. The number of amides is 4. The van der Waals surface area contributed by atoms with Gasteiger partial charge in [-0.1, -0.05) is 74.5 Å². The van der Waals surface area contributed by atoms with E-state index in [4.69, 9.17) is 4.74 Å². The number of rotatable bonds is 10. The first-order chi connectivity index (χ1) is 18.9. The van der Waals surface area contributed by atoms with Crippen LogP contribution in [0.5, 0.6) is 0 Å². The minimum atomic E-state index is -1.15. The molecule has 1 aliphatic rings. The average Bonchev–Trinajstić information content (AvgIpc) is 3.39. The van der Waals surface area contributed by atoms with Crippen molar-refractivity contribution in [2.24, 2.45) is 5.92 Å². The molecule has 4 amide bonds. The van der Waals surface area contributed by atoms with Gasteiger partial charge in [0.25, 0.3) is 5.91 Å². The zero-order valence-corrected chi connectivity index (χ0v) is 23.9. The van der Waals surface area contributed by atoms with E-state index < -0.39 is 35.7 Å². The van der Waals surface area contributed by atoms with Crippen LogP contribution in [-0.4, -0.2) is 59.6 Å². The molecule has 0 saturated carbocycles. The van der Waals surface area contributed by atoms with Gasteiger partial charge in [-0.3, -0.25) is 19.4 Å². The lowest BCUT2D eigenvalue weighted by molar-refractivity contribution is -0.143. The quantitative estimate of drug-likeness (QED) is 0.359. The lowest BCUT2D eigenvalue weighted by atomic mass is 9.98. The largest absolute Gasteiger partial charge is 0.444 e. The Morgan fingerprint density at radius 2 is 1.52 bits per heavy atom. The van der Waals surface area contributed by atoms with Gasteiger partial charge in [-0.05, 0) is 44.2 Å². The third-order valence-corrected chi connectivity index (χ3v) is 6.19. The Morgan fingerprint density at radius 3 is 2.05 bits per heavy atom. The standard InChI is InChI=1S/C30H41N5O5/c1-20(2)18-25(36)31-19-23(33-29(39)40-30(3,4)5)28(38)35-24(16-17-32-35)27(37)34-26(21-12-8-6-9-13-21)22-14-10-7-11-15-22/h6-15,20,23-24,26,32H,16-19H2,1-5H3,(H,31,36)(H,33,39)(H,34,37)/t23-,24-/m0/s1. The molecule has 4 N–H and O–H groups in total. The zero-order valence-electron chi connectivity index (χ0n) is 23.9. The van der Waals surface area contributed by atoms with Crippen LogP contribution in [0, 0.1) is 5.92 Å². The van der Waals surface area contributed by atoms with Crippen LogP contribution < -0.4 is 21.4 Å². The second-order valence-electron chi connectivity index (χ2n) is 11.3. The predicted molar refractivity (Wildman–Crippen MR) is 152 cm³/mol. The zero-order chi connectivity index (χ0) is 29.3. The van der Waals surface area contributed by atoms with Gasteiger partial charge in [-0.25, -0.2) is 10.2 Å². The van der Waals surface area contributed by atoms with Crippen LogP contribution in [0.4, 0.5) is 4.79 Å². The highest BCUT2D eigenvalue weighted by molar-refractivity contribution is 5.92. The van der Waals surface area contributed by atoms with Gasteiger partial charge in [0.2, 0.25) is 11.8 Å². The molecule has 0 bridgehead atoms. The number of carbonyl (C=O) groups is 4. The normalized spacial score (nSPS) is 16.0. The maximum Gasteiger partial charge on any atom is 0.408 e. The fourth-order valence-electron chi connectivity index (χ4n) is 4.41. The van der Waals surface area contributed by atoms with Gasteiger partial charge in [0.1, 0.15) is 17.7 Å². The number of benzene rings is 2. The molecule has 216 valence electrons. The van der Waals surface area contributed by atoms with Crippen LogP contribution >= 0.6 is 0 Å². The summed E-state index contributed by atoms with van der Waals surface area (Å²) in [5, 5.41) is 9.65. The number of alkyl carbamates (subject to hydrolysis) is 1. The molecule has 2 aromatic carbocycles. The van der Waals surface area contributed by atoms with E-state index in [0.29, 0.717) is 13.0 Å². The van der Waals surface area contributed by atoms with Crippen molar-refractivity contribution < 1.29 is 23.9 Å². The van der Waals surface area contributed by atoms with Gasteiger partial charge < -0.3 is 20.7 Å². The number of carbonyl (C=O) groups excluding carboxylic acids is 4. The molecule has 10 nitrogen and oxygen atoms in total. The van der Waals surface area contributed by atoms with Crippen LogP contribution in [0.2, 0.25) is 0 Å². The lowest BCUT2D eigenvalue weighted by Gasteiger charge is -2.30. The number of hydrogen-bond donors (Lipinski definition) is 4. The van der Waals surface area contributed by atoms with E-state index in [9.17, 15) is 19.2 Å². The molecule has 1 heterocycles. The van der Waals surface area contributed by atoms with E-state index in [1.54, 1.807) is 20.8 Å². The van der Waals surface area contributed by atoms with Gasteiger partial charge >= 0.3 is 6.09 Å². The van der Waals surface area contributed by atoms with Crippen molar-refractivity contribution in [2.45, 2.75) is 71.2 Å². The van der Waals surface area contributed by atoms with E-state index in [-0.39, 0.29) is 30.7 Å². The summed E-state index contributed by atoms with van der Waals surface area (Å²) in [6.07, 6.45) is -0.134. The minimum Gasteiger partial charge on any atom is -0.444 e. The Kier molecular flexibility index (Phi) is 10.7. The van der Waals surface area contributed by atoms with Gasteiger partial charge in [-0.2, -0.15) is 0 Å². The maximum atomic E-state index is 13.7. The molecule has 1 aliphatic heterocycles. The van der Waals surface area contributed by atoms with E-state index in [1.165, 1.54) is 5.01 Å². The number of nitrogens with one attached hydrogen (secondary N) is 4. The highest BCUT2D eigenvalue weighted by Gasteiger charge is 2.39. The Bertz CT molecular complexity index is 1110. The summed E-state index contributed by atoms with van der Waals surface area (Å²) < 4.78 is 5.34. The summed E-state index contributed by atoms with van der Waals surface area (Å²) in [7, 11) is 0. The summed E-state index contributed by atoms with van der Waals surface area (Å²) in [6, 6.07) is 16.8. The molecule has 1 fully saturated rings. The highest BCUT2D eigenvalue weighted by Crippen LogP contribution is 2.23. The van der Waals surface area contributed by atoms with E-state index in [2.05, 4.69) is 21.4 Å². The van der Waals surface area contributed by atoms with Crippen molar-refractivity contribution in [1.82, 2.24) is 26.4 Å². The Hall–Kier alpha value is -3.92. The van der Waals surface area contributed by atoms with Crippen molar-refractivity contribution in [3.05, 3.63) is 71.8 Å². The van der Waals surface area contributed by atoms with Crippen molar-refractivity contribution in [3.63, 3.8) is 0 Å². The second kappa shape index (κ2) is 13.9. The highest BCUT2D eigenvalue weighted by atomic mass is 16.6. The molecule has 0 radical (unpaired) electrons. The van der Waals surface area contributed by atoms with E-state index in [1.807, 2.05) is 74.5 Å². The van der Waals surface area contributed by atoms with Gasteiger partial charge in [0, 0.05) is 19.5 Å². The Balaban J connectivity index is 1.78. The van der Waals surface area contributed by atoms with Crippen molar-refractivity contribution in [3.8, 4) is 0 Å². The monoisotopic (exact) mass is 551 g/mol. The molecule has 40 heavy (non-hydrogen) atoms. The Labute approximate surface area is 236 Å². The van der Waals surface area contributed by atoms with E-state index >= 15 is 0 Å². The fourth-order valence-corrected chi connectivity index (χ4v) is 4.41. The number of hydrazine groups is 1. The van der Waals surface area contributed by atoms with E-state index in [0.717, 1.165) is 11.1 Å². The number of ether oxygens (including phenoxy) is 1. The van der Waals surface area contributed by atoms with Gasteiger partial charge in [0.05, 0.1) is 6.04 Å². The van der Waals surface area contributed by atoms with Crippen LogP contribution in [0.1, 0.15) is 64.6 Å². The van der Waals surface area contributed by atoms with Crippen LogP contribution in [-0.2, 0) is 19.1 Å². The minimum absolute atomic E-state index is 0.128. The van der Waals surface area contributed by atoms with Gasteiger partial charge in [0.15, 0.2) is 0 Å². The molecule has 2 atom stereocenters. The fraction of sp³-hybridized carbons (Fsp3) is 0.467. The van der Waals surface area contributed by atoms with Crippen LogP contribution in [0.25, 0.3) is 0 Å². The van der Waals surface area contributed by atoms with Crippen LogP contribution in [0.15, 0.2) is 60.7 Å². The van der Waals surface area contributed by atoms with Crippen LogP contribution in [0.3, 0.4) is 0 Å². The first-order valence-corrected chi connectivity index (χ1v) is 13.7. The summed E-state index contributed by atoms with van der Waals surface area (Å²) in [4.78, 5) is 52.2. The molecule has 2 aromatic rings. The molecule has 0 unspecified atom stereocenters. The number of hydrogen-bond acceptors (Lipinski definition) is 6. The topological polar surface area (TPSA) is 129 Å². The number of nitrogens with zero attached hydrogens (tertiary/aromatic N) is 1. The van der Waals surface area contributed by atoms with Gasteiger partial charge in [-0.15, -0.1) is 0 Å². The smallest absolute Gasteiger partial charge is 0.408 e. The van der Waals surface area contributed by atoms with Crippen molar-refractivity contribution in [1.29, 1.82) is 0 Å². The lowest BCUT2D eigenvalue weighted by Crippen LogP contribution is -2.59. The first kappa shape index (κ1) is 30.6. The molecular weight excluding hydrogens is 510 g/mol. The summed E-state index contributed by atoms with van der Waals surface area (Å²) in [6.45, 7) is 9.22. The second-order valence-corrected chi connectivity index (χ2v) is 11.3. The molecule has 0 aromatic heterocycles. The average molecular weight is 552 g/mol. The SMILES string of the molecule is CC(C)CC(=O)NC[C@H](NC(=O)OC(C)(C)C)C(=O)N1NCC[C@H]1C(=O)NC(c1ccccc1)c1ccccc1.